The first-order chi connectivity index (χ1) is 5.90. The van der Waals surface area contributed by atoms with Crippen LogP contribution in [0.5, 0.6) is 5.75 Å². The van der Waals surface area contributed by atoms with Crippen LogP contribution in [0.4, 0.5) is 0 Å². The van der Waals surface area contributed by atoms with Gasteiger partial charge in [-0.25, -0.2) is 0 Å². The van der Waals surface area contributed by atoms with E-state index in [1.165, 1.54) is 10.8 Å². The first kappa shape index (κ1) is 17.2. The molecule has 0 aliphatic rings. The molecule has 0 saturated carbocycles. The van der Waals surface area contributed by atoms with Crippen molar-refractivity contribution in [2.24, 2.45) is 0 Å². The zero-order chi connectivity index (χ0) is 8.39. The minimum atomic E-state index is 0. The zero-order valence-corrected chi connectivity index (χ0v) is 11.3. The maximum absolute atomic E-state index is 5.12. The summed E-state index contributed by atoms with van der Waals surface area (Å²) in [7, 11) is 1.68. The van der Waals surface area contributed by atoms with Gasteiger partial charge in [-0.2, -0.15) is 0 Å². The van der Waals surface area contributed by atoms with Gasteiger partial charge in [-0.1, -0.05) is 30.3 Å². The number of halogens is 2. The van der Waals surface area contributed by atoms with Crippen molar-refractivity contribution in [3.8, 4) is 5.75 Å². The SMILES string of the molecule is COc1ccc2ccccc2c1.[Cl-].[Cl-].[Mg+2]. The van der Waals surface area contributed by atoms with E-state index in [-0.39, 0.29) is 47.9 Å². The Morgan fingerprint density at radius 3 is 2.07 bits per heavy atom. The smallest absolute Gasteiger partial charge is 1.00 e. The van der Waals surface area contributed by atoms with Gasteiger partial charge < -0.3 is 29.6 Å². The van der Waals surface area contributed by atoms with Gasteiger partial charge in [-0.05, 0) is 22.9 Å². The van der Waals surface area contributed by atoms with Crippen LogP contribution in [0.2, 0.25) is 0 Å². The molecule has 76 valence electrons. The molecular formula is C11H10Cl2MgO. The maximum Gasteiger partial charge on any atom is 2.00 e. The molecule has 0 spiro atoms. The summed E-state index contributed by atoms with van der Waals surface area (Å²) in [5.41, 5.74) is 0. The van der Waals surface area contributed by atoms with Crippen LogP contribution in [0, 0.1) is 0 Å². The number of hydrogen-bond donors (Lipinski definition) is 0. The van der Waals surface area contributed by atoms with Crippen LogP contribution in [-0.2, 0) is 0 Å². The van der Waals surface area contributed by atoms with Gasteiger partial charge in [0.15, 0.2) is 0 Å². The normalized spacial score (nSPS) is 8.07. The van der Waals surface area contributed by atoms with Crippen molar-refractivity contribution in [2.75, 3.05) is 7.11 Å². The Balaban J connectivity index is 0. The minimum Gasteiger partial charge on any atom is -1.00 e. The summed E-state index contributed by atoms with van der Waals surface area (Å²) in [5, 5.41) is 2.47. The molecule has 2 aromatic rings. The molecule has 2 aromatic carbocycles. The van der Waals surface area contributed by atoms with E-state index < -0.39 is 0 Å². The number of methoxy groups -OCH3 is 1. The van der Waals surface area contributed by atoms with E-state index in [4.69, 9.17) is 4.74 Å². The number of fused-ring (bicyclic) bond motifs is 1. The molecule has 15 heavy (non-hydrogen) atoms. The summed E-state index contributed by atoms with van der Waals surface area (Å²) in [6.45, 7) is 0. The molecule has 0 aliphatic carbocycles. The van der Waals surface area contributed by atoms with Crippen LogP contribution >= 0.6 is 0 Å². The standard InChI is InChI=1S/C11H10O.2ClH.Mg/c1-12-11-7-6-9-4-2-3-5-10(9)8-11;;;/h2-8H,1H3;2*1H;/q;;;+2/p-2. The first-order valence-corrected chi connectivity index (χ1v) is 3.93. The molecule has 0 bridgehead atoms. The number of ether oxygens (including phenoxy) is 1. The fourth-order valence-electron chi connectivity index (χ4n) is 1.29. The maximum atomic E-state index is 5.12. The molecule has 1 nitrogen and oxygen atoms in total. The van der Waals surface area contributed by atoms with Crippen LogP contribution in [0.15, 0.2) is 42.5 Å². The Kier molecular flexibility index (Phi) is 9.26. The van der Waals surface area contributed by atoms with Gasteiger partial charge >= 0.3 is 23.1 Å². The third kappa shape index (κ3) is 4.07. The summed E-state index contributed by atoms with van der Waals surface area (Å²) >= 11 is 0. The van der Waals surface area contributed by atoms with E-state index in [0.29, 0.717) is 0 Å². The second kappa shape index (κ2) is 8.05. The number of hydrogen-bond acceptors (Lipinski definition) is 1. The van der Waals surface area contributed by atoms with Gasteiger partial charge in [0, 0.05) is 0 Å². The first-order valence-electron chi connectivity index (χ1n) is 3.93. The minimum absolute atomic E-state index is 0. The summed E-state index contributed by atoms with van der Waals surface area (Å²) in [6.07, 6.45) is 0. The van der Waals surface area contributed by atoms with E-state index in [0.717, 1.165) is 5.75 Å². The molecule has 0 amide bonds. The molecule has 0 fully saturated rings. The summed E-state index contributed by atoms with van der Waals surface area (Å²) < 4.78 is 5.12. The van der Waals surface area contributed by atoms with E-state index in [9.17, 15) is 0 Å². The average Bonchev–Trinajstić information content (AvgIpc) is 2.17. The largest absolute Gasteiger partial charge is 2.00 e. The fourth-order valence-corrected chi connectivity index (χ4v) is 1.29. The van der Waals surface area contributed by atoms with E-state index in [2.05, 4.69) is 18.2 Å². The Bertz CT molecular complexity index is 406. The Morgan fingerprint density at radius 1 is 0.867 bits per heavy atom. The molecule has 0 aliphatic heterocycles. The summed E-state index contributed by atoms with van der Waals surface area (Å²) in [5.74, 6) is 0.911. The van der Waals surface area contributed by atoms with Crippen LogP contribution in [0.3, 0.4) is 0 Å². The topological polar surface area (TPSA) is 9.23 Å². The second-order valence-corrected chi connectivity index (χ2v) is 2.71. The molecule has 0 heterocycles. The van der Waals surface area contributed by atoms with E-state index in [1.807, 2.05) is 24.3 Å². The fraction of sp³-hybridized carbons (Fsp3) is 0.0909. The molecule has 0 unspecified atom stereocenters. The van der Waals surface area contributed by atoms with Crippen molar-refractivity contribution in [2.45, 2.75) is 0 Å². The molecule has 0 atom stereocenters. The molecule has 4 heteroatoms. The Hall–Kier alpha value is -0.154. The molecule has 0 N–H and O–H groups in total. The Morgan fingerprint density at radius 2 is 1.47 bits per heavy atom. The molecular weight excluding hydrogens is 243 g/mol. The van der Waals surface area contributed by atoms with Crippen molar-refractivity contribution < 1.29 is 29.6 Å². The van der Waals surface area contributed by atoms with Crippen molar-refractivity contribution in [1.82, 2.24) is 0 Å². The van der Waals surface area contributed by atoms with Crippen LogP contribution in [0.1, 0.15) is 0 Å². The Labute approximate surface area is 118 Å². The van der Waals surface area contributed by atoms with Crippen LogP contribution in [0.25, 0.3) is 10.8 Å². The van der Waals surface area contributed by atoms with Gasteiger partial charge in [-0.3, -0.25) is 0 Å². The third-order valence-corrected chi connectivity index (χ3v) is 1.96. The molecule has 2 rings (SSSR count). The predicted molar refractivity (Wildman–Crippen MR) is 56.3 cm³/mol. The molecule has 0 saturated heterocycles. The van der Waals surface area contributed by atoms with Gasteiger partial charge in [-0.15, -0.1) is 0 Å². The molecule has 0 aromatic heterocycles. The van der Waals surface area contributed by atoms with E-state index in [1.54, 1.807) is 7.11 Å². The zero-order valence-electron chi connectivity index (χ0n) is 8.41. The van der Waals surface area contributed by atoms with Gasteiger partial charge in [0.25, 0.3) is 0 Å². The third-order valence-electron chi connectivity index (χ3n) is 1.96. The summed E-state index contributed by atoms with van der Waals surface area (Å²) in [4.78, 5) is 0. The average molecular weight is 253 g/mol. The monoisotopic (exact) mass is 252 g/mol. The van der Waals surface area contributed by atoms with Gasteiger partial charge in [0.2, 0.25) is 0 Å². The number of rotatable bonds is 1. The number of benzene rings is 2. The van der Waals surface area contributed by atoms with Crippen LogP contribution < -0.4 is 29.6 Å². The quantitative estimate of drug-likeness (QED) is 0.479. The summed E-state index contributed by atoms with van der Waals surface area (Å²) in [6, 6.07) is 14.3. The van der Waals surface area contributed by atoms with Crippen molar-refractivity contribution in [3.63, 3.8) is 0 Å². The van der Waals surface area contributed by atoms with Crippen molar-refractivity contribution >= 4 is 33.8 Å². The van der Waals surface area contributed by atoms with Crippen molar-refractivity contribution in [3.05, 3.63) is 42.5 Å². The second-order valence-electron chi connectivity index (χ2n) is 2.71. The van der Waals surface area contributed by atoms with E-state index >= 15 is 0 Å². The van der Waals surface area contributed by atoms with Crippen LogP contribution in [-0.4, -0.2) is 30.2 Å². The molecule has 0 radical (unpaired) electrons. The van der Waals surface area contributed by atoms with Crippen molar-refractivity contribution in [1.29, 1.82) is 0 Å². The van der Waals surface area contributed by atoms with Gasteiger partial charge in [0.05, 0.1) is 7.11 Å². The van der Waals surface area contributed by atoms with Gasteiger partial charge in [0.1, 0.15) is 5.75 Å². The predicted octanol–water partition coefficient (Wildman–Crippen LogP) is -3.52.